The summed E-state index contributed by atoms with van der Waals surface area (Å²) in [5.74, 6) is 0.910. The highest BCUT2D eigenvalue weighted by molar-refractivity contribution is 6.11. The lowest BCUT2D eigenvalue weighted by molar-refractivity contribution is 0.304. The third-order valence-electron chi connectivity index (χ3n) is 11.9. The fourth-order valence-electron chi connectivity index (χ4n) is 8.27. The topological polar surface area (TPSA) is 19.1 Å². The molecule has 3 heteroatoms. The lowest BCUT2D eigenvalue weighted by atomic mass is 9.85. The lowest BCUT2D eigenvalue weighted by Gasteiger charge is -2.20. The number of hydrogen-bond donors (Lipinski definition) is 0. The molecule has 0 aliphatic rings. The van der Waals surface area contributed by atoms with Crippen molar-refractivity contribution in [3.8, 4) is 17.1 Å². The number of rotatable bonds is 9. The zero-order chi connectivity index (χ0) is 40.4. The summed E-state index contributed by atoms with van der Waals surface area (Å²) in [7, 11) is 0. The van der Waals surface area contributed by atoms with E-state index in [0.29, 0.717) is 6.61 Å². The van der Waals surface area contributed by atoms with E-state index < -0.39 is 0 Å². The van der Waals surface area contributed by atoms with Crippen LogP contribution in [0.25, 0.3) is 55.0 Å². The number of fused-ring (bicyclic) bond motifs is 6. The van der Waals surface area contributed by atoms with Gasteiger partial charge in [0.25, 0.3) is 0 Å². The van der Waals surface area contributed by atoms with Gasteiger partial charge in [0.05, 0.1) is 40.0 Å². The Labute approximate surface area is 337 Å². The minimum Gasteiger partial charge on any atom is -0.493 e. The highest BCUT2D eigenvalue weighted by Gasteiger charge is 2.24. The molecule has 2 heterocycles. The SMILES string of the molecule is CCCCCCCOc1cc(-n2c3ccc(C(C)(C)C)cc3c3cc(C(C)(C)C)ccc32)cc(-n2c3ccc(C(C)(C)C)cc3c3cc(C(C)(C)C)ccc32)c1. The molecule has 7 rings (SSSR count). The van der Waals surface area contributed by atoms with Crippen molar-refractivity contribution in [3.05, 3.63) is 113 Å². The largest absolute Gasteiger partial charge is 0.493 e. The maximum Gasteiger partial charge on any atom is 0.123 e. The summed E-state index contributed by atoms with van der Waals surface area (Å²) in [5, 5.41) is 5.18. The zero-order valence-electron chi connectivity index (χ0n) is 36.7. The quantitative estimate of drug-likeness (QED) is 0.135. The summed E-state index contributed by atoms with van der Waals surface area (Å²) >= 11 is 0. The van der Waals surface area contributed by atoms with E-state index in [9.17, 15) is 0 Å². The van der Waals surface area contributed by atoms with Crippen LogP contribution in [0.4, 0.5) is 0 Å². The van der Waals surface area contributed by atoms with Gasteiger partial charge in [-0.2, -0.15) is 0 Å². The van der Waals surface area contributed by atoms with Crippen molar-refractivity contribution in [1.29, 1.82) is 0 Å². The van der Waals surface area contributed by atoms with Crippen LogP contribution in [0.2, 0.25) is 0 Å². The highest BCUT2D eigenvalue weighted by atomic mass is 16.5. The van der Waals surface area contributed by atoms with Gasteiger partial charge in [-0.3, -0.25) is 0 Å². The Bertz CT molecular complexity index is 2240. The second-order valence-electron chi connectivity index (χ2n) is 20.5. The van der Waals surface area contributed by atoms with E-state index in [1.807, 2.05) is 0 Å². The first kappa shape index (κ1) is 39.7. The van der Waals surface area contributed by atoms with Crippen molar-refractivity contribution in [1.82, 2.24) is 9.13 Å². The fourth-order valence-corrected chi connectivity index (χ4v) is 8.27. The van der Waals surface area contributed by atoms with Crippen LogP contribution in [0.3, 0.4) is 0 Å². The van der Waals surface area contributed by atoms with Crippen LogP contribution < -0.4 is 4.74 Å². The van der Waals surface area contributed by atoms with Gasteiger partial charge in [0, 0.05) is 33.7 Å². The molecular weight excluding hydrogens is 681 g/mol. The van der Waals surface area contributed by atoms with Gasteiger partial charge in [0.1, 0.15) is 5.75 Å². The number of nitrogens with zero attached hydrogens (tertiary/aromatic N) is 2. The van der Waals surface area contributed by atoms with Crippen molar-refractivity contribution in [3.63, 3.8) is 0 Å². The summed E-state index contributed by atoms with van der Waals surface area (Å²) in [6.07, 6.45) is 6.03. The van der Waals surface area contributed by atoms with Gasteiger partial charge in [-0.15, -0.1) is 0 Å². The monoisotopic (exact) mass is 747 g/mol. The highest BCUT2D eigenvalue weighted by Crippen LogP contribution is 2.41. The van der Waals surface area contributed by atoms with Crippen molar-refractivity contribution in [2.24, 2.45) is 0 Å². The predicted molar refractivity (Wildman–Crippen MR) is 244 cm³/mol. The molecule has 0 unspecified atom stereocenters. The van der Waals surface area contributed by atoms with E-state index in [1.165, 1.54) is 91.5 Å². The van der Waals surface area contributed by atoms with Crippen LogP contribution in [0.1, 0.15) is 144 Å². The average molecular weight is 747 g/mol. The molecule has 3 nitrogen and oxygen atoms in total. The molecule has 0 aliphatic heterocycles. The third-order valence-corrected chi connectivity index (χ3v) is 11.9. The van der Waals surface area contributed by atoms with Gasteiger partial charge >= 0.3 is 0 Å². The summed E-state index contributed by atoms with van der Waals surface area (Å²) in [6, 6.07) is 35.3. The number of ether oxygens (including phenoxy) is 1. The van der Waals surface area contributed by atoms with Crippen LogP contribution in [0.5, 0.6) is 5.75 Å². The number of aromatic nitrogens is 2. The number of unbranched alkanes of at least 4 members (excludes halogenated alkanes) is 4. The van der Waals surface area contributed by atoms with Crippen molar-refractivity contribution < 1.29 is 4.74 Å². The van der Waals surface area contributed by atoms with E-state index in [-0.39, 0.29) is 21.7 Å². The molecule has 0 aliphatic carbocycles. The summed E-state index contributed by atoms with van der Waals surface area (Å²) in [5.41, 5.74) is 12.6. The average Bonchev–Trinajstić information content (AvgIpc) is 3.63. The predicted octanol–water partition coefficient (Wildman–Crippen LogP) is 15.4. The Morgan fingerprint density at radius 1 is 0.393 bits per heavy atom. The first-order valence-corrected chi connectivity index (χ1v) is 21.2. The third kappa shape index (κ3) is 7.63. The Morgan fingerprint density at radius 2 is 0.714 bits per heavy atom. The molecule has 0 amide bonds. The summed E-state index contributed by atoms with van der Waals surface area (Å²) in [4.78, 5) is 0. The standard InChI is InChI=1S/C53H66N2O/c1-14-15-16-17-18-27-56-41-33-39(54-46-23-19-35(50(2,3)4)28-42(46)43-29-36(51(5,6)7)20-24-47(43)54)32-40(34-41)55-48-25-21-37(52(8,9)10)30-44(48)45-31-38(53(11,12)13)22-26-49(45)55/h19-26,28-34H,14-18,27H2,1-13H3. The zero-order valence-corrected chi connectivity index (χ0v) is 36.7. The minimum atomic E-state index is 0.0402. The molecule has 0 spiro atoms. The smallest absolute Gasteiger partial charge is 0.123 e. The van der Waals surface area contributed by atoms with Gasteiger partial charge in [-0.25, -0.2) is 0 Å². The molecule has 0 atom stereocenters. The van der Waals surface area contributed by atoms with Gasteiger partial charge in [0.15, 0.2) is 0 Å². The fraction of sp³-hybridized carbons (Fsp3) is 0.434. The lowest BCUT2D eigenvalue weighted by Crippen LogP contribution is -2.10. The van der Waals surface area contributed by atoms with E-state index in [2.05, 4.69) is 190 Å². The van der Waals surface area contributed by atoms with Crippen LogP contribution in [0.15, 0.2) is 91.0 Å². The van der Waals surface area contributed by atoms with Crippen LogP contribution in [-0.2, 0) is 21.7 Å². The number of benzene rings is 5. The Morgan fingerprint density at radius 3 is 1.02 bits per heavy atom. The molecule has 2 aromatic heterocycles. The maximum absolute atomic E-state index is 6.74. The molecule has 0 saturated carbocycles. The molecule has 294 valence electrons. The molecular formula is C53H66N2O. The normalized spacial score (nSPS) is 13.2. The Kier molecular flexibility index (Phi) is 10.3. The molecule has 0 bridgehead atoms. The van der Waals surface area contributed by atoms with Gasteiger partial charge in [0.2, 0.25) is 0 Å². The van der Waals surface area contributed by atoms with E-state index in [1.54, 1.807) is 0 Å². The summed E-state index contributed by atoms with van der Waals surface area (Å²) in [6.45, 7) is 30.7. The molecule has 0 saturated heterocycles. The van der Waals surface area contributed by atoms with Crippen molar-refractivity contribution >= 4 is 43.6 Å². The van der Waals surface area contributed by atoms with E-state index in [0.717, 1.165) is 23.5 Å². The first-order valence-electron chi connectivity index (χ1n) is 21.2. The Balaban J connectivity index is 1.51. The molecule has 0 radical (unpaired) electrons. The molecule has 56 heavy (non-hydrogen) atoms. The second kappa shape index (κ2) is 14.5. The maximum atomic E-state index is 6.74. The van der Waals surface area contributed by atoms with Gasteiger partial charge in [-0.1, -0.05) is 140 Å². The summed E-state index contributed by atoms with van der Waals surface area (Å²) < 4.78 is 11.7. The van der Waals surface area contributed by atoms with Crippen molar-refractivity contribution in [2.75, 3.05) is 6.61 Å². The Hall–Kier alpha value is -4.50. The number of hydrogen-bond acceptors (Lipinski definition) is 1. The van der Waals surface area contributed by atoms with Gasteiger partial charge < -0.3 is 13.9 Å². The van der Waals surface area contributed by atoms with Crippen LogP contribution in [-0.4, -0.2) is 15.7 Å². The van der Waals surface area contributed by atoms with E-state index >= 15 is 0 Å². The van der Waals surface area contributed by atoms with Crippen LogP contribution in [0, 0.1) is 0 Å². The molecule has 7 aromatic rings. The molecule has 0 N–H and O–H groups in total. The minimum absolute atomic E-state index is 0.0402. The molecule has 0 fully saturated rings. The van der Waals surface area contributed by atoms with Crippen molar-refractivity contribution in [2.45, 2.75) is 144 Å². The second-order valence-corrected chi connectivity index (χ2v) is 20.5. The first-order chi connectivity index (χ1) is 26.3. The molecule has 5 aromatic carbocycles. The van der Waals surface area contributed by atoms with Gasteiger partial charge in [-0.05, 0) is 105 Å². The van der Waals surface area contributed by atoms with Crippen LogP contribution >= 0.6 is 0 Å². The van der Waals surface area contributed by atoms with E-state index in [4.69, 9.17) is 4.74 Å².